The molecule has 4 rings (SSSR count). The normalized spacial score (nSPS) is 24.2. The van der Waals surface area contributed by atoms with Gasteiger partial charge in [0.15, 0.2) is 0 Å². The Labute approximate surface area is 186 Å². The van der Waals surface area contributed by atoms with Crippen LogP contribution in [0.3, 0.4) is 0 Å². The summed E-state index contributed by atoms with van der Waals surface area (Å²) in [5.41, 5.74) is -2.44. The Morgan fingerprint density at radius 2 is 2.12 bits per heavy atom. The fraction of sp³-hybridized carbons (Fsp3) is 0.368. The van der Waals surface area contributed by atoms with Crippen molar-refractivity contribution < 1.29 is 31.1 Å². The maximum Gasteiger partial charge on any atom is 0.281 e. The predicted octanol–water partition coefficient (Wildman–Crippen LogP) is 1.59. The van der Waals surface area contributed by atoms with Gasteiger partial charge in [-0.3, -0.25) is 15.2 Å². The predicted molar refractivity (Wildman–Crippen MR) is 110 cm³/mol. The molecule has 0 bridgehead atoms. The number of amides is 1. The van der Waals surface area contributed by atoms with Crippen LogP contribution in [-0.2, 0) is 20.3 Å². The molecule has 176 valence electrons. The smallest absolute Gasteiger partial charge is 0.281 e. The lowest BCUT2D eigenvalue weighted by Crippen LogP contribution is -2.70. The van der Waals surface area contributed by atoms with Crippen LogP contribution < -0.4 is 10.6 Å². The highest BCUT2D eigenvalue weighted by molar-refractivity contribution is 7.90. The van der Waals surface area contributed by atoms with Crippen LogP contribution in [0, 0.1) is 11.2 Å². The summed E-state index contributed by atoms with van der Waals surface area (Å²) in [4.78, 5) is 19.6. The summed E-state index contributed by atoms with van der Waals surface area (Å²) in [7, 11) is -2.76. The maximum absolute atomic E-state index is 15.0. The van der Waals surface area contributed by atoms with Gasteiger partial charge in [0.25, 0.3) is 12.3 Å². The number of anilines is 1. The van der Waals surface area contributed by atoms with Gasteiger partial charge in [-0.15, -0.1) is 0 Å². The molecule has 0 aliphatic carbocycles. The number of ether oxygens (including phenoxy) is 1. The molecular weight excluding hydrogens is 465 g/mol. The standard InChI is InChI=1S/C19H19F3N6O4S/c1-28-18(23)27-19(9-32-5-4-15(19)33(28,30)31)11-6-10(2-3-12(11)20)26-17(29)14-8-24-13(7-25-14)16(21)22/h2-3,6-8,15-16H,4-5,9H2,1H3,(H2,23,27)(H,26,29). The monoisotopic (exact) mass is 484 g/mol. The number of benzene rings is 1. The topological polar surface area (TPSA) is 137 Å². The number of nitrogens with one attached hydrogen (secondary N) is 3. The average Bonchev–Trinajstić information content (AvgIpc) is 2.79. The molecule has 3 N–H and O–H groups in total. The Bertz CT molecular complexity index is 1210. The second-order valence-corrected chi connectivity index (χ2v) is 9.71. The second-order valence-electron chi connectivity index (χ2n) is 7.56. The number of alkyl halides is 2. The minimum atomic E-state index is -3.99. The summed E-state index contributed by atoms with van der Waals surface area (Å²) in [5, 5.41) is 12.2. The van der Waals surface area contributed by atoms with Crippen LogP contribution in [0.2, 0.25) is 0 Å². The zero-order chi connectivity index (χ0) is 24.0. The molecule has 2 aliphatic heterocycles. The van der Waals surface area contributed by atoms with E-state index >= 15 is 0 Å². The van der Waals surface area contributed by atoms with Gasteiger partial charge in [0.1, 0.15) is 28.0 Å². The summed E-state index contributed by atoms with van der Waals surface area (Å²) in [5.74, 6) is -1.99. The first kappa shape index (κ1) is 22.9. The van der Waals surface area contributed by atoms with Crippen molar-refractivity contribution in [3.05, 3.63) is 53.4 Å². The van der Waals surface area contributed by atoms with Crippen LogP contribution in [0.15, 0.2) is 30.6 Å². The van der Waals surface area contributed by atoms with E-state index in [1.807, 2.05) is 0 Å². The SMILES string of the molecule is CN1C(=N)NC2(c3cc(NC(=O)c4cnc(C(F)F)cn4)ccc3F)COCCC2S1(=O)=O. The van der Waals surface area contributed by atoms with E-state index in [-0.39, 0.29) is 36.6 Å². The van der Waals surface area contributed by atoms with Crippen LogP contribution in [0.4, 0.5) is 18.9 Å². The van der Waals surface area contributed by atoms with Gasteiger partial charge in [0.2, 0.25) is 16.0 Å². The second kappa shape index (κ2) is 8.26. The summed E-state index contributed by atoms with van der Waals surface area (Å²) in [6, 6.07) is 3.55. The van der Waals surface area contributed by atoms with E-state index in [0.29, 0.717) is 0 Å². The van der Waals surface area contributed by atoms with Crippen molar-refractivity contribution >= 4 is 27.6 Å². The molecule has 14 heteroatoms. The Hall–Kier alpha value is -3.26. The number of sulfonamides is 1. The zero-order valence-electron chi connectivity index (χ0n) is 17.2. The van der Waals surface area contributed by atoms with E-state index in [0.717, 1.165) is 22.8 Å². The molecule has 2 unspecified atom stereocenters. The van der Waals surface area contributed by atoms with Gasteiger partial charge >= 0.3 is 0 Å². The largest absolute Gasteiger partial charge is 0.379 e. The van der Waals surface area contributed by atoms with E-state index < -0.39 is 50.6 Å². The van der Waals surface area contributed by atoms with Crippen LogP contribution in [-0.4, -0.2) is 60.1 Å². The number of aromatic nitrogens is 2. The van der Waals surface area contributed by atoms with Crippen LogP contribution in [0.25, 0.3) is 0 Å². The van der Waals surface area contributed by atoms with E-state index in [9.17, 15) is 26.4 Å². The first-order valence-corrected chi connectivity index (χ1v) is 11.2. The van der Waals surface area contributed by atoms with Gasteiger partial charge < -0.3 is 15.4 Å². The van der Waals surface area contributed by atoms with E-state index in [2.05, 4.69) is 20.6 Å². The molecular formula is C19H19F3N6O4S. The van der Waals surface area contributed by atoms with Gasteiger partial charge in [-0.25, -0.2) is 30.9 Å². The molecule has 1 aromatic heterocycles. The Morgan fingerprint density at radius 1 is 1.36 bits per heavy atom. The summed E-state index contributed by atoms with van der Waals surface area (Å²) >= 11 is 0. The van der Waals surface area contributed by atoms with Crippen LogP contribution in [0.1, 0.15) is 34.6 Å². The molecule has 2 atom stereocenters. The first-order chi connectivity index (χ1) is 15.6. The minimum absolute atomic E-state index is 0.0645. The lowest BCUT2D eigenvalue weighted by Gasteiger charge is -2.50. The number of rotatable bonds is 4. The number of hydrogen-bond donors (Lipinski definition) is 3. The molecule has 2 aliphatic rings. The molecule has 2 aromatic rings. The highest BCUT2D eigenvalue weighted by atomic mass is 32.2. The average molecular weight is 484 g/mol. The molecule has 3 heterocycles. The molecule has 0 spiro atoms. The Balaban J connectivity index is 1.69. The van der Waals surface area contributed by atoms with Crippen molar-refractivity contribution in [3.8, 4) is 0 Å². The van der Waals surface area contributed by atoms with Crippen molar-refractivity contribution in [1.29, 1.82) is 5.41 Å². The number of hydrogen-bond acceptors (Lipinski definition) is 7. The maximum atomic E-state index is 15.0. The van der Waals surface area contributed by atoms with E-state index in [1.54, 1.807) is 0 Å². The molecule has 1 amide bonds. The quantitative estimate of drug-likeness (QED) is 0.599. The number of halogens is 3. The minimum Gasteiger partial charge on any atom is -0.379 e. The van der Waals surface area contributed by atoms with Gasteiger partial charge in [-0.05, 0) is 24.6 Å². The lowest BCUT2D eigenvalue weighted by molar-refractivity contribution is 0.0237. The van der Waals surface area contributed by atoms with Gasteiger partial charge in [0.05, 0.1) is 19.0 Å². The van der Waals surface area contributed by atoms with Gasteiger partial charge in [0, 0.05) is 24.9 Å². The van der Waals surface area contributed by atoms with Crippen molar-refractivity contribution in [2.75, 3.05) is 25.6 Å². The third-order valence-corrected chi connectivity index (χ3v) is 7.94. The number of carbonyl (C=O) groups excluding carboxylic acids is 1. The van der Waals surface area contributed by atoms with Crippen LogP contribution >= 0.6 is 0 Å². The summed E-state index contributed by atoms with van der Waals surface area (Å²) in [6.45, 7) is -0.0815. The van der Waals surface area contributed by atoms with Gasteiger partial charge in [-0.2, -0.15) is 0 Å². The third kappa shape index (κ3) is 3.88. The number of carbonyl (C=O) groups is 1. The Kier molecular flexibility index (Phi) is 5.74. The van der Waals surface area contributed by atoms with E-state index in [1.165, 1.54) is 19.2 Å². The van der Waals surface area contributed by atoms with Crippen molar-refractivity contribution in [2.24, 2.45) is 0 Å². The van der Waals surface area contributed by atoms with Crippen molar-refractivity contribution in [1.82, 2.24) is 19.6 Å². The van der Waals surface area contributed by atoms with Gasteiger partial charge in [-0.1, -0.05) is 0 Å². The third-order valence-electron chi connectivity index (χ3n) is 5.63. The number of nitrogens with zero attached hydrogens (tertiary/aromatic N) is 3. The molecule has 0 saturated carbocycles. The molecule has 2 fully saturated rings. The fourth-order valence-corrected chi connectivity index (χ4v) is 5.76. The molecule has 0 radical (unpaired) electrons. The first-order valence-electron chi connectivity index (χ1n) is 9.70. The fourth-order valence-electron chi connectivity index (χ4n) is 3.92. The van der Waals surface area contributed by atoms with Crippen molar-refractivity contribution in [2.45, 2.75) is 23.6 Å². The number of guanidine groups is 1. The molecule has 10 nitrogen and oxygen atoms in total. The van der Waals surface area contributed by atoms with Crippen LogP contribution in [0.5, 0.6) is 0 Å². The molecule has 2 saturated heterocycles. The Morgan fingerprint density at radius 3 is 2.79 bits per heavy atom. The van der Waals surface area contributed by atoms with E-state index in [4.69, 9.17) is 10.1 Å². The highest BCUT2D eigenvalue weighted by Crippen LogP contribution is 2.41. The number of fused-ring (bicyclic) bond motifs is 1. The lowest BCUT2D eigenvalue weighted by atomic mass is 9.83. The van der Waals surface area contributed by atoms with Crippen molar-refractivity contribution in [3.63, 3.8) is 0 Å². The zero-order valence-corrected chi connectivity index (χ0v) is 18.0. The highest BCUT2D eigenvalue weighted by Gasteiger charge is 2.57. The molecule has 33 heavy (non-hydrogen) atoms. The summed E-state index contributed by atoms with van der Waals surface area (Å²) < 4.78 is 72.5. The summed E-state index contributed by atoms with van der Waals surface area (Å²) in [6.07, 6.45) is -1.11. The molecule has 1 aromatic carbocycles.